The molecule has 0 saturated heterocycles. The van der Waals surface area contributed by atoms with E-state index in [0.717, 1.165) is 19.4 Å². The van der Waals surface area contributed by atoms with Crippen LogP contribution in [0.2, 0.25) is 0 Å². The van der Waals surface area contributed by atoms with Crippen LogP contribution in [0.5, 0.6) is 0 Å². The van der Waals surface area contributed by atoms with Crippen LogP contribution >= 0.6 is 0 Å². The summed E-state index contributed by atoms with van der Waals surface area (Å²) in [5.74, 6) is 0.898. The minimum Gasteiger partial charge on any atom is -0.310 e. The lowest BCUT2D eigenvalue weighted by Crippen LogP contribution is -2.23. The highest BCUT2D eigenvalue weighted by atomic mass is 16.1. The van der Waals surface area contributed by atoms with Crippen molar-refractivity contribution in [1.29, 1.82) is 0 Å². The summed E-state index contributed by atoms with van der Waals surface area (Å²) < 4.78 is 0. The number of rotatable bonds is 7. The van der Waals surface area contributed by atoms with E-state index in [9.17, 15) is 4.79 Å². The largest absolute Gasteiger partial charge is 0.310 e. The van der Waals surface area contributed by atoms with Gasteiger partial charge in [0, 0.05) is 0 Å². The molecule has 0 atom stereocenters. The molecule has 0 spiro atoms. The van der Waals surface area contributed by atoms with Gasteiger partial charge in [0.2, 0.25) is 0 Å². The molecule has 0 radical (unpaired) electrons. The summed E-state index contributed by atoms with van der Waals surface area (Å²) in [6.45, 7) is 7.42. The fourth-order valence-corrected chi connectivity index (χ4v) is 1.81. The van der Waals surface area contributed by atoms with Gasteiger partial charge in [-0.3, -0.25) is 4.79 Å². The standard InChI is InChI=1S/C15H23NO/c1-12(2)10-15-6-4-14(5-7-15)8-9-16-11-13(3)17/h4-7,12,16H,8-11H2,1-3H3. The number of hydrogen-bond donors (Lipinski definition) is 1. The van der Waals surface area contributed by atoms with Gasteiger partial charge in [-0.1, -0.05) is 38.1 Å². The molecule has 1 rings (SSSR count). The lowest BCUT2D eigenvalue weighted by atomic mass is 10.0. The SMILES string of the molecule is CC(=O)CNCCc1ccc(CC(C)C)cc1. The van der Waals surface area contributed by atoms with Crippen molar-refractivity contribution in [3.63, 3.8) is 0 Å². The van der Waals surface area contributed by atoms with Gasteiger partial charge < -0.3 is 5.32 Å². The van der Waals surface area contributed by atoms with E-state index in [1.54, 1.807) is 6.92 Å². The number of hydrogen-bond acceptors (Lipinski definition) is 2. The Hall–Kier alpha value is -1.15. The number of benzene rings is 1. The maximum atomic E-state index is 10.7. The Morgan fingerprint density at radius 3 is 2.29 bits per heavy atom. The molecule has 0 fully saturated rings. The second-order valence-electron chi connectivity index (χ2n) is 5.04. The van der Waals surface area contributed by atoms with Gasteiger partial charge in [0.15, 0.2) is 0 Å². The average molecular weight is 233 g/mol. The molecule has 17 heavy (non-hydrogen) atoms. The Morgan fingerprint density at radius 2 is 1.76 bits per heavy atom. The predicted octanol–water partition coefficient (Wildman–Crippen LogP) is 2.61. The summed E-state index contributed by atoms with van der Waals surface area (Å²) in [6, 6.07) is 8.79. The van der Waals surface area contributed by atoms with Gasteiger partial charge in [0.25, 0.3) is 0 Å². The molecule has 0 aromatic heterocycles. The molecule has 2 nitrogen and oxygen atoms in total. The molecule has 1 aromatic carbocycles. The lowest BCUT2D eigenvalue weighted by molar-refractivity contribution is -0.116. The van der Waals surface area contributed by atoms with Crippen LogP contribution < -0.4 is 5.32 Å². The van der Waals surface area contributed by atoms with E-state index in [0.29, 0.717) is 12.5 Å². The molecule has 0 unspecified atom stereocenters. The highest BCUT2D eigenvalue weighted by molar-refractivity contribution is 5.77. The molecular weight excluding hydrogens is 210 g/mol. The summed E-state index contributed by atoms with van der Waals surface area (Å²) in [4.78, 5) is 10.7. The summed E-state index contributed by atoms with van der Waals surface area (Å²) in [7, 11) is 0. The van der Waals surface area contributed by atoms with Crippen molar-refractivity contribution in [2.45, 2.75) is 33.6 Å². The Labute approximate surface area is 104 Å². The predicted molar refractivity (Wildman–Crippen MR) is 72.2 cm³/mol. The Balaban J connectivity index is 2.32. The van der Waals surface area contributed by atoms with Gasteiger partial charge in [-0.15, -0.1) is 0 Å². The molecule has 1 N–H and O–H groups in total. The van der Waals surface area contributed by atoms with E-state index >= 15 is 0 Å². The van der Waals surface area contributed by atoms with Gasteiger partial charge in [0.05, 0.1) is 6.54 Å². The first-order chi connectivity index (χ1) is 8.08. The molecule has 2 heteroatoms. The maximum Gasteiger partial charge on any atom is 0.143 e. The molecule has 0 saturated carbocycles. The summed E-state index contributed by atoms with van der Waals surface area (Å²) >= 11 is 0. The van der Waals surface area contributed by atoms with Crippen LogP contribution in [0.1, 0.15) is 31.9 Å². The lowest BCUT2D eigenvalue weighted by Gasteiger charge is -2.07. The van der Waals surface area contributed by atoms with E-state index in [1.165, 1.54) is 11.1 Å². The van der Waals surface area contributed by atoms with Gasteiger partial charge in [-0.2, -0.15) is 0 Å². The van der Waals surface area contributed by atoms with E-state index in [4.69, 9.17) is 0 Å². The third-order valence-electron chi connectivity index (χ3n) is 2.63. The number of nitrogens with one attached hydrogen (secondary N) is 1. The number of Topliss-reactive ketones (excluding diaryl/α,β-unsaturated/α-hetero) is 1. The zero-order valence-electron chi connectivity index (χ0n) is 11.1. The van der Waals surface area contributed by atoms with Crippen molar-refractivity contribution in [3.05, 3.63) is 35.4 Å². The number of carbonyl (C=O) groups is 1. The summed E-state index contributed by atoms with van der Waals surface area (Å²) in [5.41, 5.74) is 2.73. The maximum absolute atomic E-state index is 10.7. The first-order valence-corrected chi connectivity index (χ1v) is 6.36. The first-order valence-electron chi connectivity index (χ1n) is 6.36. The molecule has 0 heterocycles. The van der Waals surface area contributed by atoms with Gasteiger partial charge in [0.1, 0.15) is 5.78 Å². The van der Waals surface area contributed by atoms with Gasteiger partial charge in [-0.05, 0) is 43.4 Å². The fourth-order valence-electron chi connectivity index (χ4n) is 1.81. The average Bonchev–Trinajstić information content (AvgIpc) is 2.25. The zero-order valence-corrected chi connectivity index (χ0v) is 11.1. The van der Waals surface area contributed by atoms with Crippen molar-refractivity contribution < 1.29 is 4.79 Å². The topological polar surface area (TPSA) is 29.1 Å². The van der Waals surface area contributed by atoms with Gasteiger partial charge in [-0.25, -0.2) is 0 Å². The Kier molecular flexibility index (Phi) is 5.92. The van der Waals surface area contributed by atoms with E-state index in [2.05, 4.69) is 43.4 Å². The smallest absolute Gasteiger partial charge is 0.143 e. The molecule has 0 amide bonds. The van der Waals surface area contributed by atoms with E-state index < -0.39 is 0 Å². The minimum absolute atomic E-state index is 0.192. The van der Waals surface area contributed by atoms with Crippen molar-refractivity contribution in [2.24, 2.45) is 5.92 Å². The molecular formula is C15H23NO. The number of carbonyl (C=O) groups excluding carboxylic acids is 1. The second-order valence-corrected chi connectivity index (χ2v) is 5.04. The summed E-state index contributed by atoms with van der Waals surface area (Å²) in [6.07, 6.45) is 2.12. The molecule has 0 aliphatic rings. The molecule has 0 aliphatic carbocycles. The zero-order chi connectivity index (χ0) is 12.7. The van der Waals surface area contributed by atoms with Crippen molar-refractivity contribution in [3.8, 4) is 0 Å². The Bertz CT molecular complexity index is 340. The van der Waals surface area contributed by atoms with Crippen LogP contribution in [0.25, 0.3) is 0 Å². The first kappa shape index (κ1) is 13.9. The number of ketones is 1. The van der Waals surface area contributed by atoms with Crippen molar-refractivity contribution in [1.82, 2.24) is 5.32 Å². The van der Waals surface area contributed by atoms with Crippen LogP contribution in [0.15, 0.2) is 24.3 Å². The normalized spacial score (nSPS) is 10.8. The monoisotopic (exact) mass is 233 g/mol. The highest BCUT2D eigenvalue weighted by Gasteiger charge is 1.98. The third-order valence-corrected chi connectivity index (χ3v) is 2.63. The van der Waals surface area contributed by atoms with E-state index in [-0.39, 0.29) is 5.78 Å². The van der Waals surface area contributed by atoms with Gasteiger partial charge >= 0.3 is 0 Å². The van der Waals surface area contributed by atoms with Crippen LogP contribution in [-0.2, 0) is 17.6 Å². The minimum atomic E-state index is 0.192. The van der Waals surface area contributed by atoms with Crippen LogP contribution in [0, 0.1) is 5.92 Å². The summed E-state index contributed by atoms with van der Waals surface area (Å²) in [5, 5.41) is 3.13. The second kappa shape index (κ2) is 7.23. The third kappa shape index (κ3) is 6.22. The van der Waals surface area contributed by atoms with Crippen molar-refractivity contribution in [2.75, 3.05) is 13.1 Å². The fraction of sp³-hybridized carbons (Fsp3) is 0.533. The highest BCUT2D eigenvalue weighted by Crippen LogP contribution is 2.09. The van der Waals surface area contributed by atoms with Crippen LogP contribution in [0.3, 0.4) is 0 Å². The van der Waals surface area contributed by atoms with Crippen LogP contribution in [0.4, 0.5) is 0 Å². The van der Waals surface area contributed by atoms with Crippen molar-refractivity contribution >= 4 is 5.78 Å². The van der Waals surface area contributed by atoms with E-state index in [1.807, 2.05) is 0 Å². The Morgan fingerprint density at radius 1 is 1.18 bits per heavy atom. The quantitative estimate of drug-likeness (QED) is 0.733. The van der Waals surface area contributed by atoms with Crippen LogP contribution in [-0.4, -0.2) is 18.9 Å². The molecule has 94 valence electrons. The molecule has 0 bridgehead atoms. The molecule has 1 aromatic rings. The molecule has 0 aliphatic heterocycles.